The highest BCUT2D eigenvalue weighted by molar-refractivity contribution is 7.80. The van der Waals surface area contributed by atoms with E-state index in [2.05, 4.69) is 33.6 Å². The van der Waals surface area contributed by atoms with Gasteiger partial charge in [0.15, 0.2) is 0 Å². The number of phenols is 1. The molecule has 8 N–H and O–H groups in total. The van der Waals surface area contributed by atoms with Crippen LogP contribution in [0.4, 0.5) is 0 Å². The maximum absolute atomic E-state index is 13.2. The monoisotopic (exact) mass is 583 g/mol. The summed E-state index contributed by atoms with van der Waals surface area (Å²) in [7, 11) is 0. The van der Waals surface area contributed by atoms with E-state index in [1.807, 2.05) is 38.1 Å². The van der Waals surface area contributed by atoms with Crippen molar-refractivity contribution in [2.75, 3.05) is 5.75 Å². The number of amides is 3. The number of nitrogens with two attached hydrogens (primary N) is 1. The highest BCUT2D eigenvalue weighted by Crippen LogP contribution is 2.19. The number of carbonyl (C=O) groups excluding carboxylic acids is 3. The average molecular weight is 584 g/mol. The van der Waals surface area contributed by atoms with E-state index in [4.69, 9.17) is 5.73 Å². The van der Waals surface area contributed by atoms with E-state index in [9.17, 15) is 29.4 Å². The fourth-order valence-electron chi connectivity index (χ4n) is 4.42. The lowest BCUT2D eigenvalue weighted by molar-refractivity contribution is -0.142. The van der Waals surface area contributed by atoms with Crippen molar-refractivity contribution in [1.29, 1.82) is 0 Å². The van der Waals surface area contributed by atoms with Crippen LogP contribution in [0, 0.1) is 5.92 Å². The topological polar surface area (TPSA) is 187 Å². The lowest BCUT2D eigenvalue weighted by atomic mass is 10.0. The van der Waals surface area contributed by atoms with Gasteiger partial charge in [-0.05, 0) is 48.1 Å². The Hall–Kier alpha value is -4.03. The van der Waals surface area contributed by atoms with Gasteiger partial charge in [-0.2, -0.15) is 12.6 Å². The SMILES string of the molecule is CC(C)CC(NC(=O)C(N)Cc1ccc(O)cc1)C(=O)NC(CS)C(=O)NC(Cc1c[nH]c2ccccc12)C(=O)O. The lowest BCUT2D eigenvalue weighted by Gasteiger charge is -2.25. The Morgan fingerprint density at radius 2 is 1.49 bits per heavy atom. The van der Waals surface area contributed by atoms with Gasteiger partial charge in [-0.25, -0.2) is 4.79 Å². The number of para-hydroxylation sites is 1. The zero-order valence-electron chi connectivity index (χ0n) is 23.0. The number of aliphatic carboxylic acids is 1. The molecule has 0 radical (unpaired) electrons. The molecule has 0 fully saturated rings. The summed E-state index contributed by atoms with van der Waals surface area (Å²) in [5.41, 5.74) is 8.39. The van der Waals surface area contributed by atoms with E-state index in [0.29, 0.717) is 0 Å². The Kier molecular flexibility index (Phi) is 11.2. The van der Waals surface area contributed by atoms with Crippen LogP contribution in [0.3, 0.4) is 0 Å². The van der Waals surface area contributed by atoms with Gasteiger partial charge in [0.25, 0.3) is 0 Å². The third-order valence-electron chi connectivity index (χ3n) is 6.60. The first-order valence-corrected chi connectivity index (χ1v) is 13.9. The lowest BCUT2D eigenvalue weighted by Crippen LogP contribution is -2.58. The highest BCUT2D eigenvalue weighted by Gasteiger charge is 2.30. The zero-order valence-corrected chi connectivity index (χ0v) is 23.9. The Balaban J connectivity index is 1.64. The Labute approximate surface area is 243 Å². The van der Waals surface area contributed by atoms with Crippen LogP contribution >= 0.6 is 12.6 Å². The van der Waals surface area contributed by atoms with Crippen LogP contribution in [0.15, 0.2) is 54.7 Å². The molecule has 0 saturated heterocycles. The van der Waals surface area contributed by atoms with E-state index < -0.39 is 47.9 Å². The standard InChI is InChI=1S/C29H37N5O6S/c1-16(2)11-23(32-26(36)21(30)12-17-7-9-19(35)10-8-17)27(37)34-25(15-41)28(38)33-24(29(39)40)13-18-14-31-22-6-4-3-5-20(18)22/h3-10,14,16,21,23-25,31,35,41H,11-13,15,30H2,1-2H3,(H,32,36)(H,33,38)(H,34,37)(H,39,40). The van der Waals surface area contributed by atoms with Gasteiger partial charge >= 0.3 is 5.97 Å². The fraction of sp³-hybridized carbons (Fsp3) is 0.379. The van der Waals surface area contributed by atoms with Crippen molar-refractivity contribution < 1.29 is 29.4 Å². The summed E-state index contributed by atoms with van der Waals surface area (Å²) in [5, 5.41) is 27.9. The molecule has 1 heterocycles. The van der Waals surface area contributed by atoms with Crippen LogP contribution in [-0.2, 0) is 32.0 Å². The minimum absolute atomic E-state index is 0.0233. The molecule has 4 atom stereocenters. The summed E-state index contributed by atoms with van der Waals surface area (Å²) in [6, 6.07) is 9.39. The van der Waals surface area contributed by atoms with Gasteiger partial charge in [0, 0.05) is 29.3 Å². The van der Waals surface area contributed by atoms with Crippen LogP contribution in [0.2, 0.25) is 0 Å². The minimum Gasteiger partial charge on any atom is -0.508 e. The predicted molar refractivity (Wildman–Crippen MR) is 159 cm³/mol. The van der Waals surface area contributed by atoms with Gasteiger partial charge in [0.1, 0.15) is 23.9 Å². The van der Waals surface area contributed by atoms with Gasteiger partial charge < -0.3 is 36.9 Å². The van der Waals surface area contributed by atoms with Crippen LogP contribution in [0.25, 0.3) is 10.9 Å². The van der Waals surface area contributed by atoms with E-state index in [0.717, 1.165) is 22.0 Å². The molecule has 2 aromatic carbocycles. The van der Waals surface area contributed by atoms with Crippen LogP contribution < -0.4 is 21.7 Å². The Bertz CT molecular complexity index is 1360. The summed E-state index contributed by atoms with van der Waals surface area (Å²) >= 11 is 4.19. The van der Waals surface area contributed by atoms with Gasteiger partial charge in [-0.15, -0.1) is 0 Å². The molecule has 4 unspecified atom stereocenters. The molecule has 3 amide bonds. The van der Waals surface area contributed by atoms with Gasteiger partial charge in [-0.3, -0.25) is 14.4 Å². The highest BCUT2D eigenvalue weighted by atomic mass is 32.1. The first-order chi connectivity index (χ1) is 19.5. The van der Waals surface area contributed by atoms with Crippen molar-refractivity contribution >= 4 is 47.2 Å². The number of aromatic hydroxyl groups is 1. The number of carboxylic acids is 1. The number of thiol groups is 1. The second kappa shape index (κ2) is 14.6. The normalized spacial score (nSPS) is 14.2. The molecular weight excluding hydrogens is 546 g/mol. The summed E-state index contributed by atoms with van der Waals surface area (Å²) in [4.78, 5) is 54.2. The van der Waals surface area contributed by atoms with Crippen molar-refractivity contribution in [2.24, 2.45) is 11.7 Å². The van der Waals surface area contributed by atoms with Crippen LogP contribution in [0.1, 0.15) is 31.4 Å². The molecule has 0 bridgehead atoms. The van der Waals surface area contributed by atoms with Crippen LogP contribution in [0.5, 0.6) is 5.75 Å². The number of carbonyl (C=O) groups is 4. The van der Waals surface area contributed by atoms with E-state index >= 15 is 0 Å². The van der Waals surface area contributed by atoms with Crippen LogP contribution in [-0.4, -0.2) is 68.8 Å². The number of carboxylic acid groups (broad SMARTS) is 1. The molecular formula is C29H37N5O6S. The van der Waals surface area contributed by atoms with E-state index in [-0.39, 0.29) is 36.7 Å². The van der Waals surface area contributed by atoms with Gasteiger partial charge in [-0.1, -0.05) is 44.2 Å². The molecule has 1 aromatic heterocycles. The van der Waals surface area contributed by atoms with Crippen molar-refractivity contribution in [2.45, 2.75) is 57.3 Å². The molecule has 0 aliphatic rings. The maximum atomic E-state index is 13.2. The quantitative estimate of drug-likeness (QED) is 0.132. The van der Waals surface area contributed by atoms with Gasteiger partial charge in [0.2, 0.25) is 17.7 Å². The molecule has 0 aliphatic heterocycles. The molecule has 41 heavy (non-hydrogen) atoms. The third kappa shape index (κ3) is 8.98. The largest absolute Gasteiger partial charge is 0.508 e. The number of aromatic amines is 1. The van der Waals surface area contributed by atoms with Gasteiger partial charge in [0.05, 0.1) is 6.04 Å². The first-order valence-electron chi connectivity index (χ1n) is 13.3. The molecule has 220 valence electrons. The smallest absolute Gasteiger partial charge is 0.326 e. The Morgan fingerprint density at radius 3 is 2.12 bits per heavy atom. The predicted octanol–water partition coefficient (Wildman–Crippen LogP) is 1.50. The molecule has 0 spiro atoms. The minimum atomic E-state index is -1.25. The Morgan fingerprint density at radius 1 is 0.878 bits per heavy atom. The fourth-order valence-corrected chi connectivity index (χ4v) is 4.68. The van der Waals surface area contributed by atoms with Crippen molar-refractivity contribution in [3.05, 3.63) is 65.9 Å². The number of hydrogen-bond acceptors (Lipinski definition) is 7. The zero-order chi connectivity index (χ0) is 30.1. The number of rotatable bonds is 14. The van der Waals surface area contributed by atoms with E-state index in [1.54, 1.807) is 18.3 Å². The number of phenolic OH excluding ortho intramolecular Hbond substituents is 1. The number of nitrogens with one attached hydrogen (secondary N) is 4. The second-order valence-electron chi connectivity index (χ2n) is 10.4. The number of H-pyrrole nitrogens is 1. The third-order valence-corrected chi connectivity index (χ3v) is 6.96. The summed E-state index contributed by atoms with van der Waals surface area (Å²) in [6.07, 6.45) is 2.21. The molecule has 11 nitrogen and oxygen atoms in total. The number of fused-ring (bicyclic) bond motifs is 1. The average Bonchev–Trinajstić information content (AvgIpc) is 3.34. The number of benzene rings is 2. The summed E-state index contributed by atoms with van der Waals surface area (Å²) in [6.45, 7) is 3.77. The second-order valence-corrected chi connectivity index (χ2v) is 10.7. The summed E-state index contributed by atoms with van der Waals surface area (Å²) < 4.78 is 0. The molecule has 3 rings (SSSR count). The molecule has 12 heteroatoms. The van der Waals surface area contributed by atoms with E-state index in [1.165, 1.54) is 12.1 Å². The first kappa shape index (κ1) is 31.5. The maximum Gasteiger partial charge on any atom is 0.326 e. The molecule has 3 aromatic rings. The molecule has 0 saturated carbocycles. The number of hydrogen-bond donors (Lipinski definition) is 8. The number of aromatic nitrogens is 1. The van der Waals surface area contributed by atoms with Crippen molar-refractivity contribution in [1.82, 2.24) is 20.9 Å². The van der Waals surface area contributed by atoms with Crippen molar-refractivity contribution in [3.8, 4) is 5.75 Å². The molecule has 0 aliphatic carbocycles. The van der Waals surface area contributed by atoms with Crippen molar-refractivity contribution in [3.63, 3.8) is 0 Å². The summed E-state index contributed by atoms with van der Waals surface area (Å²) in [5.74, 6) is -3.07.